The molecule has 4 heteroatoms. The summed E-state index contributed by atoms with van der Waals surface area (Å²) in [5.41, 5.74) is 5.51. The van der Waals surface area contributed by atoms with Gasteiger partial charge in [-0.15, -0.1) is 0 Å². The van der Waals surface area contributed by atoms with E-state index in [2.05, 4.69) is 47.9 Å². The maximum atomic E-state index is 5.93. The molecule has 2 aromatic carbocycles. The fourth-order valence-electron chi connectivity index (χ4n) is 4.72. The van der Waals surface area contributed by atoms with Crippen molar-refractivity contribution in [2.24, 2.45) is 11.8 Å². The first-order valence-electron chi connectivity index (χ1n) is 13.6. The van der Waals surface area contributed by atoms with E-state index in [0.717, 1.165) is 38.1 Å². The molecule has 3 N–H and O–H groups in total. The third-order valence-corrected chi connectivity index (χ3v) is 7.00. The Hall–Kier alpha value is -1.72. The van der Waals surface area contributed by atoms with Crippen LogP contribution < -0.4 is 11.3 Å². The van der Waals surface area contributed by atoms with Gasteiger partial charge in [-0.25, -0.2) is 0 Å². The molecular formula is C30H46N2O2. The molecule has 3 rings (SSSR count). The Morgan fingerprint density at radius 1 is 0.706 bits per heavy atom. The van der Waals surface area contributed by atoms with Crippen LogP contribution in [0.15, 0.2) is 60.7 Å². The van der Waals surface area contributed by atoms with E-state index in [4.69, 9.17) is 15.3 Å². The van der Waals surface area contributed by atoms with Gasteiger partial charge in [0.2, 0.25) is 0 Å². The summed E-state index contributed by atoms with van der Waals surface area (Å²) < 4.78 is 11.8. The highest BCUT2D eigenvalue weighted by Gasteiger charge is 2.37. The first-order valence-corrected chi connectivity index (χ1v) is 13.6. The first-order chi connectivity index (χ1) is 16.9. The number of benzene rings is 2. The lowest BCUT2D eigenvalue weighted by molar-refractivity contribution is 0.108. The van der Waals surface area contributed by atoms with Gasteiger partial charge in [0.1, 0.15) is 0 Å². The van der Waals surface area contributed by atoms with Crippen molar-refractivity contribution in [3.63, 3.8) is 0 Å². The molecule has 2 aromatic rings. The van der Waals surface area contributed by atoms with E-state index in [1.54, 1.807) is 0 Å². The largest absolute Gasteiger partial charge is 0.381 e. The number of nitrogens with one attached hydrogen (secondary N) is 1. The van der Waals surface area contributed by atoms with Crippen molar-refractivity contribution in [3.8, 4) is 0 Å². The highest BCUT2D eigenvalue weighted by Crippen LogP contribution is 2.47. The van der Waals surface area contributed by atoms with Crippen LogP contribution in [0.2, 0.25) is 0 Å². The van der Waals surface area contributed by atoms with Gasteiger partial charge in [0.15, 0.2) is 0 Å². The van der Waals surface area contributed by atoms with Gasteiger partial charge in [-0.3, -0.25) is 11.3 Å². The number of unbranched alkanes of at least 4 members (excludes halogenated alkanes) is 9. The van der Waals surface area contributed by atoms with Crippen LogP contribution in [0, 0.1) is 5.92 Å². The van der Waals surface area contributed by atoms with Crippen LogP contribution in [0.25, 0.3) is 0 Å². The van der Waals surface area contributed by atoms with E-state index in [0.29, 0.717) is 6.61 Å². The van der Waals surface area contributed by atoms with Gasteiger partial charge in [-0.05, 0) is 42.2 Å². The Balaban J connectivity index is 1.02. The Bertz CT molecular complexity index is 740. The van der Waals surface area contributed by atoms with Gasteiger partial charge < -0.3 is 9.47 Å². The number of rotatable bonds is 20. The van der Waals surface area contributed by atoms with Gasteiger partial charge in [0.05, 0.1) is 12.6 Å². The SMILES string of the molecule is NNC(COCCCCCCCCCCCCOCC1CC1c1ccccc1)c1ccccc1. The fraction of sp³-hybridized carbons (Fsp3) is 0.600. The molecule has 0 spiro atoms. The van der Waals surface area contributed by atoms with Crippen molar-refractivity contribution in [2.45, 2.75) is 82.6 Å². The van der Waals surface area contributed by atoms with Crippen molar-refractivity contribution in [1.82, 2.24) is 5.43 Å². The minimum atomic E-state index is 0.0676. The quantitative estimate of drug-likeness (QED) is 0.126. The molecule has 4 nitrogen and oxygen atoms in total. The van der Waals surface area contributed by atoms with E-state index in [1.807, 2.05) is 18.2 Å². The molecule has 1 fully saturated rings. The Morgan fingerprint density at radius 3 is 1.82 bits per heavy atom. The van der Waals surface area contributed by atoms with Crippen LogP contribution in [-0.2, 0) is 9.47 Å². The van der Waals surface area contributed by atoms with Crippen LogP contribution >= 0.6 is 0 Å². The number of ether oxygens (including phenoxy) is 2. The summed E-state index contributed by atoms with van der Waals surface area (Å²) in [6.45, 7) is 3.33. The summed E-state index contributed by atoms with van der Waals surface area (Å²) >= 11 is 0. The highest BCUT2D eigenvalue weighted by atomic mass is 16.5. The van der Waals surface area contributed by atoms with E-state index in [9.17, 15) is 0 Å². The van der Waals surface area contributed by atoms with Crippen LogP contribution in [0.4, 0.5) is 0 Å². The molecule has 1 aliphatic rings. The number of nitrogens with two attached hydrogens (primary N) is 1. The van der Waals surface area contributed by atoms with E-state index < -0.39 is 0 Å². The van der Waals surface area contributed by atoms with Gasteiger partial charge in [0.25, 0.3) is 0 Å². The molecule has 0 heterocycles. The molecule has 0 aromatic heterocycles. The zero-order valence-corrected chi connectivity index (χ0v) is 21.0. The number of hydrogen-bond donors (Lipinski definition) is 2. The van der Waals surface area contributed by atoms with Gasteiger partial charge in [-0.1, -0.05) is 112 Å². The van der Waals surface area contributed by atoms with E-state index in [1.165, 1.54) is 75.3 Å². The summed E-state index contributed by atoms with van der Waals surface area (Å²) in [6.07, 6.45) is 14.4. The van der Waals surface area contributed by atoms with Crippen LogP contribution in [0.5, 0.6) is 0 Å². The molecule has 0 bridgehead atoms. The lowest BCUT2D eigenvalue weighted by Gasteiger charge is -2.16. The minimum Gasteiger partial charge on any atom is -0.381 e. The normalized spacial score (nSPS) is 18.1. The second-order valence-corrected chi connectivity index (χ2v) is 9.83. The molecule has 0 radical (unpaired) electrons. The maximum absolute atomic E-state index is 5.93. The minimum absolute atomic E-state index is 0.0676. The first kappa shape index (κ1) is 26.9. The molecule has 3 unspecified atom stereocenters. The molecular weight excluding hydrogens is 420 g/mol. The van der Waals surface area contributed by atoms with Crippen LogP contribution in [-0.4, -0.2) is 26.4 Å². The Labute approximate surface area is 207 Å². The van der Waals surface area contributed by atoms with Gasteiger partial charge >= 0.3 is 0 Å². The molecule has 188 valence electrons. The monoisotopic (exact) mass is 466 g/mol. The average Bonchev–Trinajstić information content (AvgIpc) is 3.67. The van der Waals surface area contributed by atoms with Gasteiger partial charge in [-0.2, -0.15) is 0 Å². The third kappa shape index (κ3) is 10.7. The second kappa shape index (κ2) is 16.8. The lowest BCUT2D eigenvalue weighted by atomic mass is 10.1. The molecule has 1 saturated carbocycles. The highest BCUT2D eigenvalue weighted by molar-refractivity contribution is 5.25. The van der Waals surface area contributed by atoms with Crippen molar-refractivity contribution >= 4 is 0 Å². The fourth-order valence-corrected chi connectivity index (χ4v) is 4.72. The summed E-state index contributed by atoms with van der Waals surface area (Å²) in [5.74, 6) is 7.16. The zero-order valence-electron chi connectivity index (χ0n) is 21.0. The predicted molar refractivity (Wildman–Crippen MR) is 142 cm³/mol. The van der Waals surface area contributed by atoms with Gasteiger partial charge in [0, 0.05) is 19.8 Å². The van der Waals surface area contributed by atoms with E-state index >= 15 is 0 Å². The summed E-state index contributed by atoms with van der Waals surface area (Å²) in [6, 6.07) is 21.2. The maximum Gasteiger partial charge on any atom is 0.0693 e. The zero-order chi connectivity index (χ0) is 23.7. The van der Waals surface area contributed by atoms with Crippen molar-refractivity contribution in [1.29, 1.82) is 0 Å². The number of hydrogen-bond acceptors (Lipinski definition) is 4. The Kier molecular flexibility index (Phi) is 13.3. The second-order valence-electron chi connectivity index (χ2n) is 9.83. The smallest absolute Gasteiger partial charge is 0.0693 e. The summed E-state index contributed by atoms with van der Waals surface area (Å²) in [4.78, 5) is 0. The van der Waals surface area contributed by atoms with Crippen molar-refractivity contribution in [2.75, 3.05) is 26.4 Å². The molecule has 0 amide bonds. The third-order valence-electron chi connectivity index (χ3n) is 7.00. The topological polar surface area (TPSA) is 56.5 Å². The van der Waals surface area contributed by atoms with Crippen LogP contribution in [0.3, 0.4) is 0 Å². The molecule has 34 heavy (non-hydrogen) atoms. The van der Waals surface area contributed by atoms with Crippen molar-refractivity contribution < 1.29 is 9.47 Å². The van der Waals surface area contributed by atoms with Crippen molar-refractivity contribution in [3.05, 3.63) is 71.8 Å². The van der Waals surface area contributed by atoms with E-state index in [-0.39, 0.29) is 6.04 Å². The summed E-state index contributed by atoms with van der Waals surface area (Å²) in [5, 5.41) is 0. The molecule has 1 aliphatic carbocycles. The molecule has 0 saturated heterocycles. The molecule has 3 atom stereocenters. The standard InChI is InChI=1S/C30H46N2O2/c31-32-30(27-19-13-10-14-20-27)25-34-22-16-8-6-4-2-1-3-5-7-15-21-33-24-28-23-29(28)26-17-11-9-12-18-26/h9-14,17-20,28-30,32H,1-8,15-16,21-25,31H2. The average molecular weight is 467 g/mol. The lowest BCUT2D eigenvalue weighted by Crippen LogP contribution is -2.31. The summed E-state index contributed by atoms with van der Waals surface area (Å²) in [7, 11) is 0. The molecule has 0 aliphatic heterocycles. The predicted octanol–water partition coefficient (Wildman–Crippen LogP) is 6.93. The van der Waals surface area contributed by atoms with Crippen LogP contribution in [0.1, 0.15) is 93.7 Å². The number of hydrazine groups is 1. The Morgan fingerprint density at radius 2 is 1.24 bits per heavy atom.